The monoisotopic (exact) mass is 638 g/mol. The maximum Gasteiger partial charge on any atom is 0.306 e. The Morgan fingerprint density at radius 2 is 1.12 bits per heavy atom. The average Bonchev–Trinajstić information content (AvgIpc) is 2.98. The highest BCUT2D eigenvalue weighted by atomic mass is 79.9. The molecule has 0 saturated carbocycles. The number of hydrogen-bond acceptors (Lipinski definition) is 7. The van der Waals surface area contributed by atoms with Crippen LogP contribution in [0.2, 0.25) is 0 Å². The van der Waals surface area contributed by atoms with E-state index in [1.54, 1.807) is 31.4 Å². The van der Waals surface area contributed by atoms with Crippen molar-refractivity contribution in [1.82, 2.24) is 0 Å². The van der Waals surface area contributed by atoms with Gasteiger partial charge in [-0.05, 0) is 78.4 Å². The molecule has 8 heteroatoms. The first kappa shape index (κ1) is 36.2. The number of carbonyl (C=O) groups is 1. The van der Waals surface area contributed by atoms with Gasteiger partial charge in [-0.2, -0.15) is 0 Å². The van der Waals surface area contributed by atoms with E-state index in [-0.39, 0.29) is 52.5 Å². The molecule has 4 aromatic carbocycles. The summed E-state index contributed by atoms with van der Waals surface area (Å²) in [5, 5.41) is 18.1. The first-order valence-electron chi connectivity index (χ1n) is 13.5. The summed E-state index contributed by atoms with van der Waals surface area (Å²) in [6, 6.07) is 31.4. The van der Waals surface area contributed by atoms with Crippen LogP contribution in [0.15, 0.2) is 103 Å². The lowest BCUT2D eigenvalue weighted by Gasteiger charge is -2.11. The van der Waals surface area contributed by atoms with Crippen LogP contribution in [0.4, 0.5) is 0 Å². The summed E-state index contributed by atoms with van der Waals surface area (Å²) in [7, 11) is 1.65. The molecule has 7 nitrogen and oxygen atoms in total. The number of halogens is 1. The minimum Gasteiger partial charge on any atom is -0.508 e. The van der Waals surface area contributed by atoms with E-state index in [1.807, 2.05) is 99.6 Å². The van der Waals surface area contributed by atoms with E-state index < -0.39 is 0 Å². The number of benzene rings is 4. The standard InChI is InChI=1S/C17H18O3.C9H13NO.C8H11NO.BrH/c1-13(15-7-9-16(18)10-8-15)11-17(19)20-12-14-5-3-2-4-6-14;1-7(10)8-3-5-9(11-2)6-4-8;1-6(9)7-2-4-8(10)5-3-7;/h2-10,13,18H,11-12H2,1H3;3-7H,10H2,1-2H3;2-6,10H,9H2,1H3;1H/t13-;7-;6-;/m100./s1. The lowest BCUT2D eigenvalue weighted by atomic mass is 9.98. The Labute approximate surface area is 259 Å². The normalized spacial score (nSPS) is 12.0. The number of carbonyl (C=O) groups excluding carboxylic acids is 1. The Hall–Kier alpha value is -3.85. The predicted molar refractivity (Wildman–Crippen MR) is 174 cm³/mol. The van der Waals surface area contributed by atoms with Crippen LogP contribution in [0.25, 0.3) is 0 Å². The molecule has 0 bridgehead atoms. The number of rotatable bonds is 8. The van der Waals surface area contributed by atoms with E-state index in [1.165, 1.54) is 0 Å². The van der Waals surface area contributed by atoms with Gasteiger partial charge in [0.1, 0.15) is 23.9 Å². The van der Waals surface area contributed by atoms with E-state index in [0.29, 0.717) is 13.0 Å². The van der Waals surface area contributed by atoms with Crippen LogP contribution in [0.3, 0.4) is 0 Å². The predicted octanol–water partition coefficient (Wildman–Crippen LogP) is 7.33. The lowest BCUT2D eigenvalue weighted by molar-refractivity contribution is -0.145. The van der Waals surface area contributed by atoms with Gasteiger partial charge in [0.15, 0.2) is 0 Å². The van der Waals surface area contributed by atoms with Crippen LogP contribution in [-0.2, 0) is 16.1 Å². The van der Waals surface area contributed by atoms with Gasteiger partial charge in [0.05, 0.1) is 13.5 Å². The molecule has 4 rings (SSSR count). The van der Waals surface area contributed by atoms with Crippen molar-refractivity contribution in [3.8, 4) is 17.2 Å². The van der Waals surface area contributed by atoms with Crippen LogP contribution in [-0.4, -0.2) is 23.3 Å². The maximum atomic E-state index is 11.8. The molecule has 226 valence electrons. The second kappa shape index (κ2) is 19.3. The molecular weight excluding hydrogens is 596 g/mol. The number of ether oxygens (including phenoxy) is 2. The van der Waals surface area contributed by atoms with Gasteiger partial charge >= 0.3 is 5.97 Å². The van der Waals surface area contributed by atoms with E-state index in [4.69, 9.17) is 26.0 Å². The Kier molecular flexibility index (Phi) is 16.6. The molecule has 42 heavy (non-hydrogen) atoms. The van der Waals surface area contributed by atoms with Crippen LogP contribution in [0.5, 0.6) is 17.2 Å². The third-order valence-electron chi connectivity index (χ3n) is 6.24. The van der Waals surface area contributed by atoms with Crippen molar-refractivity contribution in [1.29, 1.82) is 0 Å². The number of hydrogen-bond donors (Lipinski definition) is 4. The molecule has 3 atom stereocenters. The number of esters is 1. The van der Waals surface area contributed by atoms with Crippen LogP contribution in [0, 0.1) is 0 Å². The summed E-state index contributed by atoms with van der Waals surface area (Å²) in [6.07, 6.45) is 0.331. The Balaban J connectivity index is 0.000000341. The molecule has 6 N–H and O–H groups in total. The quantitative estimate of drug-likeness (QED) is 0.149. The van der Waals surface area contributed by atoms with Gasteiger partial charge in [-0.1, -0.05) is 73.7 Å². The summed E-state index contributed by atoms with van der Waals surface area (Å²) in [6.45, 7) is 6.15. The average molecular weight is 640 g/mol. The van der Waals surface area contributed by atoms with E-state index in [9.17, 15) is 9.90 Å². The van der Waals surface area contributed by atoms with Gasteiger partial charge in [0, 0.05) is 12.1 Å². The van der Waals surface area contributed by atoms with Gasteiger partial charge in [0.25, 0.3) is 0 Å². The molecule has 0 heterocycles. The zero-order chi connectivity index (χ0) is 30.2. The highest BCUT2D eigenvalue weighted by Crippen LogP contribution is 2.22. The van der Waals surface area contributed by atoms with Gasteiger partial charge in [-0.3, -0.25) is 4.79 Å². The smallest absolute Gasteiger partial charge is 0.306 e. The van der Waals surface area contributed by atoms with Gasteiger partial charge < -0.3 is 31.2 Å². The van der Waals surface area contributed by atoms with Gasteiger partial charge in [0.2, 0.25) is 0 Å². The topological polar surface area (TPSA) is 128 Å². The number of nitrogens with two attached hydrogens (primary N) is 2. The fourth-order valence-electron chi connectivity index (χ4n) is 3.65. The maximum absolute atomic E-state index is 11.8. The molecule has 0 spiro atoms. The second-order valence-electron chi connectivity index (χ2n) is 9.79. The highest BCUT2D eigenvalue weighted by molar-refractivity contribution is 8.93. The van der Waals surface area contributed by atoms with Crippen molar-refractivity contribution < 1.29 is 24.5 Å². The SMILES string of the molecule is Br.COc1ccc([C@H](C)N)cc1.C[C@H](CC(=O)OCc1ccccc1)c1ccc(O)cc1.C[C@H](N)c1ccc(O)cc1. The molecule has 0 saturated heterocycles. The fraction of sp³-hybridized carbons (Fsp3) is 0.265. The zero-order valence-corrected chi connectivity index (χ0v) is 26.4. The van der Waals surface area contributed by atoms with Crippen molar-refractivity contribution in [2.75, 3.05) is 7.11 Å². The molecular formula is C34H43BrN2O5. The molecule has 0 aliphatic rings. The summed E-state index contributed by atoms with van der Waals surface area (Å²) < 4.78 is 10.3. The second-order valence-corrected chi connectivity index (χ2v) is 9.79. The summed E-state index contributed by atoms with van der Waals surface area (Å²) in [4.78, 5) is 11.8. The molecule has 0 aliphatic heterocycles. The number of methoxy groups -OCH3 is 1. The Morgan fingerprint density at radius 1 is 0.690 bits per heavy atom. The van der Waals surface area contributed by atoms with E-state index in [2.05, 4.69) is 0 Å². The lowest BCUT2D eigenvalue weighted by Crippen LogP contribution is -2.08. The number of aromatic hydroxyl groups is 2. The van der Waals surface area contributed by atoms with Crippen LogP contribution in [0.1, 0.15) is 67.4 Å². The van der Waals surface area contributed by atoms with E-state index in [0.717, 1.165) is 28.0 Å². The van der Waals surface area contributed by atoms with Crippen LogP contribution < -0.4 is 16.2 Å². The molecule has 0 amide bonds. The zero-order valence-electron chi connectivity index (χ0n) is 24.6. The van der Waals surface area contributed by atoms with Crippen molar-refractivity contribution in [3.05, 3.63) is 125 Å². The minimum absolute atomic E-state index is 0. The first-order valence-corrected chi connectivity index (χ1v) is 13.5. The largest absolute Gasteiger partial charge is 0.508 e. The number of phenolic OH excluding ortho intramolecular Hbond substituents is 2. The van der Waals surface area contributed by atoms with Crippen molar-refractivity contribution in [2.24, 2.45) is 11.5 Å². The first-order chi connectivity index (χ1) is 19.6. The molecule has 0 radical (unpaired) electrons. The minimum atomic E-state index is -0.213. The summed E-state index contributed by atoms with van der Waals surface area (Å²) in [5.41, 5.74) is 15.4. The molecule has 0 unspecified atom stereocenters. The van der Waals surface area contributed by atoms with Crippen molar-refractivity contribution in [2.45, 2.75) is 51.8 Å². The molecule has 0 aromatic heterocycles. The van der Waals surface area contributed by atoms with E-state index >= 15 is 0 Å². The fourth-order valence-corrected chi connectivity index (χ4v) is 3.65. The van der Waals surface area contributed by atoms with Crippen LogP contribution >= 0.6 is 17.0 Å². The van der Waals surface area contributed by atoms with Crippen molar-refractivity contribution in [3.63, 3.8) is 0 Å². The summed E-state index contributed by atoms with van der Waals surface area (Å²) >= 11 is 0. The molecule has 0 fully saturated rings. The Morgan fingerprint density at radius 3 is 1.55 bits per heavy atom. The highest BCUT2D eigenvalue weighted by Gasteiger charge is 2.12. The Bertz CT molecular complexity index is 1280. The number of phenols is 2. The van der Waals surface area contributed by atoms with Gasteiger partial charge in [-0.15, -0.1) is 17.0 Å². The van der Waals surface area contributed by atoms with Crippen molar-refractivity contribution >= 4 is 23.0 Å². The third-order valence-corrected chi connectivity index (χ3v) is 6.24. The van der Waals surface area contributed by atoms with Gasteiger partial charge in [-0.25, -0.2) is 0 Å². The molecule has 4 aromatic rings. The summed E-state index contributed by atoms with van der Waals surface area (Å²) in [5.74, 6) is 1.24. The molecule has 0 aliphatic carbocycles. The third kappa shape index (κ3) is 13.7.